The molecule has 1 aromatic carbocycles. The van der Waals surface area contributed by atoms with Crippen LogP contribution in [0.3, 0.4) is 0 Å². The summed E-state index contributed by atoms with van der Waals surface area (Å²) in [6.07, 6.45) is -1.30. The maximum Gasteiger partial charge on any atom is 0.573 e. The Kier molecular flexibility index (Phi) is 3.25. The van der Waals surface area contributed by atoms with Crippen LogP contribution in [-0.4, -0.2) is 15.7 Å². The van der Waals surface area contributed by atoms with Gasteiger partial charge in [-0.05, 0) is 36.4 Å². The Balaban J connectivity index is 1.98. The van der Waals surface area contributed by atoms with E-state index in [1.54, 1.807) is 28.9 Å². The van der Waals surface area contributed by atoms with Gasteiger partial charge in [0.2, 0.25) is 0 Å². The Hall–Kier alpha value is -2.21. The molecule has 0 aliphatic heterocycles. The van der Waals surface area contributed by atoms with E-state index in [1.165, 1.54) is 24.3 Å². The van der Waals surface area contributed by atoms with Crippen LogP contribution in [0.4, 0.5) is 13.2 Å². The summed E-state index contributed by atoms with van der Waals surface area (Å²) in [5.74, 6) is -0.266. The monoisotopic (exact) mass is 312 g/mol. The number of pyridine rings is 1. The molecule has 7 heteroatoms. The van der Waals surface area contributed by atoms with Gasteiger partial charge >= 0.3 is 6.36 Å². The van der Waals surface area contributed by atoms with Crippen molar-refractivity contribution in [2.45, 2.75) is 6.36 Å². The maximum atomic E-state index is 12.1. The maximum absolute atomic E-state index is 12.1. The van der Waals surface area contributed by atoms with Crippen molar-refractivity contribution < 1.29 is 17.9 Å². The lowest BCUT2D eigenvalue weighted by Crippen LogP contribution is -2.16. The molecule has 2 heterocycles. The molecule has 0 aliphatic rings. The van der Waals surface area contributed by atoms with E-state index in [2.05, 4.69) is 9.72 Å². The van der Waals surface area contributed by atoms with Gasteiger partial charge in [-0.1, -0.05) is 11.6 Å². The molecule has 0 aliphatic carbocycles. The number of fused-ring (bicyclic) bond motifs is 1. The summed E-state index contributed by atoms with van der Waals surface area (Å²) >= 11 is 6.03. The lowest BCUT2D eigenvalue weighted by molar-refractivity contribution is -0.274. The lowest BCUT2D eigenvalue weighted by Gasteiger charge is -2.09. The van der Waals surface area contributed by atoms with Crippen LogP contribution in [-0.2, 0) is 0 Å². The molecule has 3 aromatic rings. The Morgan fingerprint density at radius 1 is 1.10 bits per heavy atom. The van der Waals surface area contributed by atoms with Gasteiger partial charge in [-0.15, -0.1) is 13.2 Å². The van der Waals surface area contributed by atoms with E-state index in [9.17, 15) is 13.2 Å². The second-order valence-electron chi connectivity index (χ2n) is 4.27. The van der Waals surface area contributed by atoms with Crippen molar-refractivity contribution in [3.05, 3.63) is 53.8 Å². The second-order valence-corrected chi connectivity index (χ2v) is 4.67. The fourth-order valence-electron chi connectivity index (χ4n) is 2.02. The highest BCUT2D eigenvalue weighted by atomic mass is 35.5. The van der Waals surface area contributed by atoms with Gasteiger partial charge in [-0.2, -0.15) is 0 Å². The summed E-state index contributed by atoms with van der Waals surface area (Å²) in [6.45, 7) is 0. The smallest absolute Gasteiger partial charge is 0.406 e. The Morgan fingerprint density at radius 3 is 2.48 bits per heavy atom. The molecular weight excluding hydrogens is 305 g/mol. The van der Waals surface area contributed by atoms with Gasteiger partial charge < -0.3 is 4.74 Å². The average Bonchev–Trinajstić information content (AvgIpc) is 2.83. The molecule has 108 valence electrons. The minimum absolute atomic E-state index is 0.266. The number of hydrogen-bond acceptors (Lipinski definition) is 2. The van der Waals surface area contributed by atoms with Crippen molar-refractivity contribution in [2.75, 3.05) is 0 Å². The summed E-state index contributed by atoms with van der Waals surface area (Å²) < 4.78 is 42.0. The third-order valence-electron chi connectivity index (χ3n) is 2.87. The van der Waals surface area contributed by atoms with Gasteiger partial charge in [0.25, 0.3) is 0 Å². The standard InChI is InChI=1S/C14H8ClF3N2O/c15-11-2-1-7-20-12(8-19-13(11)20)9-3-5-10(6-4-9)21-14(16,17)18/h1-8H. The molecule has 21 heavy (non-hydrogen) atoms. The molecular formula is C14H8ClF3N2O. The van der Waals surface area contributed by atoms with E-state index in [0.717, 1.165) is 5.69 Å². The van der Waals surface area contributed by atoms with Crippen LogP contribution in [0.5, 0.6) is 5.75 Å². The predicted octanol–water partition coefficient (Wildman–Crippen LogP) is 4.55. The molecule has 0 atom stereocenters. The largest absolute Gasteiger partial charge is 0.573 e. The van der Waals surface area contributed by atoms with Crippen LogP contribution in [0.1, 0.15) is 0 Å². The topological polar surface area (TPSA) is 26.5 Å². The molecule has 0 unspecified atom stereocenters. The number of benzene rings is 1. The lowest BCUT2D eigenvalue weighted by atomic mass is 10.1. The quantitative estimate of drug-likeness (QED) is 0.694. The number of ether oxygens (including phenoxy) is 1. The number of alkyl halides is 3. The van der Waals surface area contributed by atoms with Crippen molar-refractivity contribution >= 4 is 17.2 Å². The van der Waals surface area contributed by atoms with Crippen LogP contribution >= 0.6 is 11.6 Å². The van der Waals surface area contributed by atoms with Gasteiger partial charge in [0.15, 0.2) is 5.65 Å². The highest BCUT2D eigenvalue weighted by molar-refractivity contribution is 6.33. The molecule has 0 saturated carbocycles. The summed E-state index contributed by atoms with van der Waals surface area (Å²) in [7, 11) is 0. The summed E-state index contributed by atoms with van der Waals surface area (Å²) in [5, 5.41) is 0.501. The molecule has 3 rings (SSSR count). The third-order valence-corrected chi connectivity index (χ3v) is 3.17. The summed E-state index contributed by atoms with van der Waals surface area (Å²) in [4.78, 5) is 4.20. The van der Waals surface area contributed by atoms with E-state index in [4.69, 9.17) is 11.6 Å². The van der Waals surface area contributed by atoms with Crippen LogP contribution in [0.25, 0.3) is 16.9 Å². The first-order chi connectivity index (χ1) is 9.94. The van der Waals surface area contributed by atoms with Crippen molar-refractivity contribution in [2.24, 2.45) is 0 Å². The number of aromatic nitrogens is 2. The minimum Gasteiger partial charge on any atom is -0.406 e. The summed E-state index contributed by atoms with van der Waals surface area (Å²) in [5.41, 5.74) is 2.02. The molecule has 0 fully saturated rings. The predicted molar refractivity (Wildman–Crippen MR) is 72.3 cm³/mol. The fourth-order valence-corrected chi connectivity index (χ4v) is 2.23. The van der Waals surface area contributed by atoms with Crippen molar-refractivity contribution in [1.82, 2.24) is 9.38 Å². The van der Waals surface area contributed by atoms with E-state index >= 15 is 0 Å². The number of rotatable bonds is 2. The normalized spacial score (nSPS) is 11.8. The number of halogens is 4. The van der Waals surface area contributed by atoms with Gasteiger partial charge in [-0.25, -0.2) is 4.98 Å². The number of hydrogen-bond donors (Lipinski definition) is 0. The fraction of sp³-hybridized carbons (Fsp3) is 0.0714. The first-order valence-electron chi connectivity index (χ1n) is 5.92. The van der Waals surface area contributed by atoms with E-state index < -0.39 is 6.36 Å². The van der Waals surface area contributed by atoms with Crippen LogP contribution in [0, 0.1) is 0 Å². The molecule has 0 saturated heterocycles. The Bertz CT molecular complexity index is 781. The zero-order valence-electron chi connectivity index (χ0n) is 10.4. The number of nitrogens with zero attached hydrogens (tertiary/aromatic N) is 2. The van der Waals surface area contributed by atoms with Crippen LogP contribution in [0.15, 0.2) is 48.8 Å². The first kappa shape index (κ1) is 13.8. The molecule has 0 radical (unpaired) electrons. The van der Waals surface area contributed by atoms with Crippen LogP contribution < -0.4 is 4.74 Å². The van der Waals surface area contributed by atoms with Crippen molar-refractivity contribution in [1.29, 1.82) is 0 Å². The van der Waals surface area contributed by atoms with Gasteiger partial charge in [0.1, 0.15) is 5.75 Å². The molecule has 3 nitrogen and oxygen atoms in total. The average molecular weight is 313 g/mol. The van der Waals surface area contributed by atoms with E-state index in [0.29, 0.717) is 16.2 Å². The van der Waals surface area contributed by atoms with Gasteiger partial charge in [0.05, 0.1) is 16.9 Å². The molecule has 0 N–H and O–H groups in total. The Morgan fingerprint density at radius 2 is 1.81 bits per heavy atom. The number of imidazole rings is 1. The summed E-state index contributed by atoms with van der Waals surface area (Å²) in [6, 6.07) is 9.06. The zero-order chi connectivity index (χ0) is 15.0. The first-order valence-corrected chi connectivity index (χ1v) is 6.29. The zero-order valence-corrected chi connectivity index (χ0v) is 11.2. The highest BCUT2D eigenvalue weighted by Crippen LogP contribution is 2.28. The Labute approximate surface area is 122 Å². The SMILES string of the molecule is FC(F)(F)Oc1ccc(-c2cnc3c(Cl)cccn23)cc1. The van der Waals surface area contributed by atoms with Gasteiger partial charge in [0, 0.05) is 11.8 Å². The molecule has 0 amide bonds. The molecule has 2 aromatic heterocycles. The van der Waals surface area contributed by atoms with E-state index in [1.807, 2.05) is 0 Å². The van der Waals surface area contributed by atoms with E-state index in [-0.39, 0.29) is 5.75 Å². The highest BCUT2D eigenvalue weighted by Gasteiger charge is 2.30. The van der Waals surface area contributed by atoms with Crippen LogP contribution in [0.2, 0.25) is 5.02 Å². The second kappa shape index (κ2) is 4.96. The van der Waals surface area contributed by atoms with Gasteiger partial charge in [-0.3, -0.25) is 4.40 Å². The van der Waals surface area contributed by atoms with Crippen molar-refractivity contribution in [3.8, 4) is 17.0 Å². The van der Waals surface area contributed by atoms with Crippen molar-refractivity contribution in [3.63, 3.8) is 0 Å². The third kappa shape index (κ3) is 2.80. The molecule has 0 spiro atoms. The minimum atomic E-state index is -4.70. The molecule has 0 bridgehead atoms.